The molecule has 0 bridgehead atoms. The molecule has 0 saturated carbocycles. The van der Waals surface area contributed by atoms with Gasteiger partial charge in [0.05, 0.1) is 29.9 Å². The van der Waals surface area contributed by atoms with E-state index in [1.807, 2.05) is 24.4 Å². The molecule has 25 heavy (non-hydrogen) atoms. The van der Waals surface area contributed by atoms with Gasteiger partial charge in [0.25, 0.3) is 5.91 Å². The van der Waals surface area contributed by atoms with E-state index in [0.29, 0.717) is 31.2 Å². The number of carbonyl (C=O) groups is 1. The van der Waals surface area contributed by atoms with E-state index >= 15 is 0 Å². The summed E-state index contributed by atoms with van der Waals surface area (Å²) in [6.45, 7) is 5.78. The van der Waals surface area contributed by atoms with E-state index in [9.17, 15) is 9.90 Å². The summed E-state index contributed by atoms with van der Waals surface area (Å²) in [6.07, 6.45) is -0.572. The van der Waals surface area contributed by atoms with Gasteiger partial charge in [-0.25, -0.2) is 4.98 Å². The van der Waals surface area contributed by atoms with Crippen LogP contribution in [0.3, 0.4) is 0 Å². The van der Waals surface area contributed by atoms with E-state index in [4.69, 9.17) is 4.74 Å². The molecule has 0 spiro atoms. The Morgan fingerprint density at radius 1 is 1.48 bits per heavy atom. The maximum Gasteiger partial charge on any atom is 0.265 e. The third-order valence-corrected chi connectivity index (χ3v) is 6.31. The van der Waals surface area contributed by atoms with Crippen molar-refractivity contribution in [2.45, 2.75) is 13.0 Å². The Labute approximate surface area is 155 Å². The predicted octanol–water partition coefficient (Wildman–Crippen LogP) is 1.95. The van der Waals surface area contributed by atoms with Crippen molar-refractivity contribution in [2.75, 3.05) is 46.4 Å². The molecule has 8 heteroatoms. The second kappa shape index (κ2) is 8.37. The molecule has 1 amide bonds. The Hall–Kier alpha value is -1.32. The number of nitrogens with zero attached hydrogens (tertiary/aromatic N) is 3. The molecule has 1 saturated heterocycles. The number of thiophene rings is 1. The van der Waals surface area contributed by atoms with Crippen LogP contribution in [0.5, 0.6) is 0 Å². The van der Waals surface area contributed by atoms with Gasteiger partial charge in [-0.1, -0.05) is 6.07 Å². The lowest BCUT2D eigenvalue weighted by Crippen LogP contribution is -2.45. The molecule has 1 aliphatic heterocycles. The number of aliphatic hydroxyl groups excluding tert-OH is 1. The number of β-amino-alcohol motifs (C(OH)–C–C–N with tert-alkyl or cyclic N) is 1. The third-order valence-electron chi connectivity index (χ3n) is 4.13. The number of thiazole rings is 1. The molecule has 1 fully saturated rings. The predicted molar refractivity (Wildman–Crippen MR) is 100 cm³/mol. The van der Waals surface area contributed by atoms with E-state index in [0.717, 1.165) is 28.7 Å². The number of morpholine rings is 1. The van der Waals surface area contributed by atoms with Crippen molar-refractivity contribution < 1.29 is 14.6 Å². The van der Waals surface area contributed by atoms with Gasteiger partial charge in [0.15, 0.2) is 0 Å². The molecular weight excluding hydrogens is 358 g/mol. The summed E-state index contributed by atoms with van der Waals surface area (Å²) in [7, 11) is 1.73. The smallest absolute Gasteiger partial charge is 0.265 e. The van der Waals surface area contributed by atoms with Gasteiger partial charge in [-0.15, -0.1) is 22.7 Å². The molecule has 3 heterocycles. The van der Waals surface area contributed by atoms with Crippen molar-refractivity contribution >= 4 is 28.6 Å². The van der Waals surface area contributed by atoms with Crippen LogP contribution >= 0.6 is 22.7 Å². The van der Waals surface area contributed by atoms with Gasteiger partial charge < -0.3 is 14.7 Å². The Bertz CT molecular complexity index is 696. The first kappa shape index (κ1) is 18.5. The number of rotatable bonds is 6. The number of carbonyl (C=O) groups excluding carboxylic acids is 1. The van der Waals surface area contributed by atoms with E-state index in [-0.39, 0.29) is 5.91 Å². The fourth-order valence-electron chi connectivity index (χ4n) is 2.81. The average Bonchev–Trinajstić information content (AvgIpc) is 3.24. The Morgan fingerprint density at radius 2 is 2.24 bits per heavy atom. The van der Waals surface area contributed by atoms with Crippen molar-refractivity contribution in [1.29, 1.82) is 0 Å². The van der Waals surface area contributed by atoms with Crippen molar-refractivity contribution in [3.63, 3.8) is 0 Å². The molecular formula is C17H23N3O3S2. The van der Waals surface area contributed by atoms with Crippen LogP contribution in [-0.2, 0) is 4.74 Å². The van der Waals surface area contributed by atoms with Gasteiger partial charge >= 0.3 is 0 Å². The van der Waals surface area contributed by atoms with Crippen molar-refractivity contribution in [3.8, 4) is 9.88 Å². The molecule has 0 aliphatic carbocycles. The molecule has 1 unspecified atom stereocenters. The zero-order valence-corrected chi connectivity index (χ0v) is 16.1. The normalized spacial score (nSPS) is 16.8. The minimum Gasteiger partial charge on any atom is -0.390 e. The molecule has 1 atom stereocenters. The highest BCUT2D eigenvalue weighted by atomic mass is 32.1. The molecule has 3 rings (SSSR count). The van der Waals surface area contributed by atoms with Crippen molar-refractivity contribution in [3.05, 3.63) is 28.1 Å². The Morgan fingerprint density at radius 3 is 2.92 bits per heavy atom. The van der Waals surface area contributed by atoms with Gasteiger partial charge in [-0.3, -0.25) is 9.69 Å². The molecule has 2 aromatic rings. The largest absolute Gasteiger partial charge is 0.390 e. The standard InChI is InChI=1S/C17H23N3O3S2/c1-12-15(25-16(18-12)14-4-3-9-24-14)17(22)19(2)10-13(21)11-20-5-7-23-8-6-20/h3-4,9,13,21H,5-8,10-11H2,1-2H3. The van der Waals surface area contributed by atoms with E-state index < -0.39 is 6.10 Å². The van der Waals surface area contributed by atoms with E-state index in [1.165, 1.54) is 11.3 Å². The van der Waals surface area contributed by atoms with Gasteiger partial charge in [0.1, 0.15) is 9.88 Å². The van der Waals surface area contributed by atoms with Gasteiger partial charge in [0, 0.05) is 33.2 Å². The zero-order chi connectivity index (χ0) is 17.8. The number of hydrogen-bond donors (Lipinski definition) is 1. The maximum atomic E-state index is 12.7. The van der Waals surface area contributed by atoms with Gasteiger partial charge in [-0.2, -0.15) is 0 Å². The number of likely N-dealkylation sites (N-methyl/N-ethyl adjacent to an activating group) is 1. The summed E-state index contributed by atoms with van der Waals surface area (Å²) in [4.78, 5) is 22.7. The fraction of sp³-hybridized carbons (Fsp3) is 0.529. The molecule has 6 nitrogen and oxygen atoms in total. The van der Waals surface area contributed by atoms with Crippen molar-refractivity contribution in [1.82, 2.24) is 14.8 Å². The summed E-state index contributed by atoms with van der Waals surface area (Å²) in [5.74, 6) is -0.0844. The summed E-state index contributed by atoms with van der Waals surface area (Å²) >= 11 is 3.03. The monoisotopic (exact) mass is 381 g/mol. The quantitative estimate of drug-likeness (QED) is 0.828. The number of aryl methyl sites for hydroxylation is 1. The van der Waals surface area contributed by atoms with Crippen LogP contribution in [0.2, 0.25) is 0 Å². The Balaban J connectivity index is 1.60. The molecule has 1 aliphatic rings. The lowest BCUT2D eigenvalue weighted by molar-refractivity contribution is 0.00882. The second-order valence-electron chi connectivity index (χ2n) is 6.16. The topological polar surface area (TPSA) is 65.9 Å². The first-order valence-corrected chi connectivity index (χ1v) is 9.99. The van der Waals surface area contributed by atoms with Gasteiger partial charge in [0.2, 0.25) is 0 Å². The number of hydrogen-bond acceptors (Lipinski definition) is 7. The highest BCUT2D eigenvalue weighted by Gasteiger charge is 2.23. The van der Waals surface area contributed by atoms with Crippen LogP contribution in [0.1, 0.15) is 15.4 Å². The minimum absolute atomic E-state index is 0.0844. The van der Waals surface area contributed by atoms with E-state index in [1.54, 1.807) is 23.3 Å². The molecule has 1 N–H and O–H groups in total. The van der Waals surface area contributed by atoms with Crippen LogP contribution in [0.25, 0.3) is 9.88 Å². The second-order valence-corrected chi connectivity index (χ2v) is 8.11. The summed E-state index contributed by atoms with van der Waals surface area (Å²) in [5.41, 5.74) is 0.743. The number of amides is 1. The maximum absolute atomic E-state index is 12.7. The number of aromatic nitrogens is 1. The first-order valence-electron chi connectivity index (χ1n) is 8.29. The minimum atomic E-state index is -0.572. The molecule has 0 aromatic carbocycles. The van der Waals surface area contributed by atoms with Crippen LogP contribution in [0.4, 0.5) is 0 Å². The average molecular weight is 382 g/mol. The third kappa shape index (κ3) is 4.65. The van der Waals surface area contributed by atoms with Gasteiger partial charge in [-0.05, 0) is 18.4 Å². The van der Waals surface area contributed by atoms with Crippen LogP contribution in [0, 0.1) is 6.92 Å². The summed E-state index contributed by atoms with van der Waals surface area (Å²) < 4.78 is 5.31. The lowest BCUT2D eigenvalue weighted by Gasteiger charge is -2.30. The molecule has 136 valence electrons. The Kier molecular flexibility index (Phi) is 6.19. The summed E-state index contributed by atoms with van der Waals surface area (Å²) in [5, 5.41) is 13.2. The zero-order valence-electron chi connectivity index (χ0n) is 14.5. The molecule has 0 radical (unpaired) electrons. The van der Waals surface area contributed by atoms with Crippen LogP contribution in [-0.4, -0.2) is 78.3 Å². The SMILES string of the molecule is Cc1nc(-c2cccs2)sc1C(=O)N(C)CC(O)CN1CCOCC1. The number of aliphatic hydroxyl groups is 1. The highest BCUT2D eigenvalue weighted by molar-refractivity contribution is 7.22. The summed E-state index contributed by atoms with van der Waals surface area (Å²) in [6, 6.07) is 3.99. The lowest BCUT2D eigenvalue weighted by atomic mass is 10.2. The first-order chi connectivity index (χ1) is 12.0. The fourth-order valence-corrected chi connectivity index (χ4v) is 4.67. The van der Waals surface area contributed by atoms with Crippen LogP contribution < -0.4 is 0 Å². The highest BCUT2D eigenvalue weighted by Crippen LogP contribution is 2.31. The van der Waals surface area contributed by atoms with Crippen molar-refractivity contribution in [2.24, 2.45) is 0 Å². The molecule has 2 aromatic heterocycles. The van der Waals surface area contributed by atoms with E-state index in [2.05, 4.69) is 9.88 Å². The number of ether oxygens (including phenoxy) is 1. The van der Waals surface area contributed by atoms with Crippen LogP contribution in [0.15, 0.2) is 17.5 Å².